The van der Waals surface area contributed by atoms with Crippen LogP contribution in [0.3, 0.4) is 0 Å². The van der Waals surface area contributed by atoms with Gasteiger partial charge in [-0.15, -0.1) is 0 Å². The molecule has 0 saturated heterocycles. The van der Waals surface area contributed by atoms with Gasteiger partial charge in [-0.25, -0.2) is 0 Å². The predicted molar refractivity (Wildman–Crippen MR) is 54.5 cm³/mol. The van der Waals surface area contributed by atoms with Gasteiger partial charge < -0.3 is 0 Å². The Bertz CT molecular complexity index is 266. The van der Waals surface area contributed by atoms with Gasteiger partial charge in [0.15, 0.2) is 0 Å². The van der Waals surface area contributed by atoms with E-state index < -0.39 is 0 Å². The molecule has 1 heterocycles. The van der Waals surface area contributed by atoms with Gasteiger partial charge in [-0.05, 0) is 25.2 Å². The molecule has 0 amide bonds. The van der Waals surface area contributed by atoms with E-state index in [4.69, 9.17) is 0 Å². The first kappa shape index (κ1) is 9.65. The Morgan fingerprint density at radius 3 is 2.50 bits per heavy atom. The third-order valence-corrected chi connectivity index (χ3v) is 2.99. The van der Waals surface area contributed by atoms with Gasteiger partial charge in [0.25, 0.3) is 0 Å². The van der Waals surface area contributed by atoms with Crippen LogP contribution in [0.15, 0.2) is 0 Å². The molecule has 0 aliphatic carbocycles. The van der Waals surface area contributed by atoms with E-state index >= 15 is 0 Å². The van der Waals surface area contributed by atoms with Crippen molar-refractivity contribution in [1.29, 1.82) is 0 Å². The Kier molecular flexibility index (Phi) is 3.20. The molecular formula is C9H16N2S. The molecule has 0 N–H and O–H groups in total. The van der Waals surface area contributed by atoms with Crippen LogP contribution in [0, 0.1) is 13.8 Å². The van der Waals surface area contributed by atoms with Gasteiger partial charge in [0, 0.05) is 12.8 Å². The first-order valence-corrected chi connectivity index (χ1v) is 5.39. The van der Waals surface area contributed by atoms with Crippen molar-refractivity contribution in [3.05, 3.63) is 17.0 Å². The molecule has 0 radical (unpaired) electrons. The highest BCUT2D eigenvalue weighted by Crippen LogP contribution is 2.17. The summed E-state index contributed by atoms with van der Waals surface area (Å²) in [5, 5.41) is 4.37. The second-order valence-corrected chi connectivity index (χ2v) is 4.19. The molecule has 1 rings (SSSR count). The summed E-state index contributed by atoms with van der Waals surface area (Å²) in [4.78, 5) is 0. The molecule has 0 bridgehead atoms. The van der Waals surface area contributed by atoms with Gasteiger partial charge in [-0.3, -0.25) is 4.68 Å². The first-order valence-electron chi connectivity index (χ1n) is 4.23. The van der Waals surface area contributed by atoms with Crippen LogP contribution in [0.25, 0.3) is 0 Å². The molecular weight excluding hydrogens is 168 g/mol. The molecule has 0 aromatic carbocycles. The SMILES string of the molecule is CCSCc1c(C)c(C)nn1C. The van der Waals surface area contributed by atoms with Gasteiger partial charge in [0.2, 0.25) is 0 Å². The van der Waals surface area contributed by atoms with Crippen molar-refractivity contribution in [3.8, 4) is 0 Å². The number of thioether (sulfide) groups is 1. The molecule has 0 atom stereocenters. The minimum Gasteiger partial charge on any atom is -0.271 e. The number of hydrogen-bond acceptors (Lipinski definition) is 2. The molecule has 68 valence electrons. The molecule has 2 nitrogen and oxygen atoms in total. The third-order valence-electron chi connectivity index (χ3n) is 2.11. The van der Waals surface area contributed by atoms with Crippen LogP contribution in [-0.4, -0.2) is 15.5 Å². The third kappa shape index (κ3) is 1.83. The number of aryl methyl sites for hydroxylation is 2. The van der Waals surface area contributed by atoms with Crippen molar-refractivity contribution in [2.24, 2.45) is 7.05 Å². The van der Waals surface area contributed by atoms with Crippen molar-refractivity contribution in [1.82, 2.24) is 9.78 Å². The number of nitrogens with zero attached hydrogens (tertiary/aromatic N) is 2. The lowest BCUT2D eigenvalue weighted by Crippen LogP contribution is -1.97. The lowest BCUT2D eigenvalue weighted by atomic mass is 10.2. The average Bonchev–Trinajstić information content (AvgIpc) is 2.25. The van der Waals surface area contributed by atoms with Gasteiger partial charge in [-0.1, -0.05) is 6.92 Å². The molecule has 3 heteroatoms. The zero-order chi connectivity index (χ0) is 9.14. The van der Waals surface area contributed by atoms with Crippen molar-refractivity contribution >= 4 is 11.8 Å². The quantitative estimate of drug-likeness (QED) is 0.717. The average molecular weight is 184 g/mol. The Balaban J connectivity index is 2.82. The summed E-state index contributed by atoms with van der Waals surface area (Å²) in [6.07, 6.45) is 0. The minimum atomic E-state index is 1.08. The highest BCUT2D eigenvalue weighted by Gasteiger charge is 2.07. The van der Waals surface area contributed by atoms with E-state index in [-0.39, 0.29) is 0 Å². The summed E-state index contributed by atoms with van der Waals surface area (Å²) in [6.45, 7) is 6.40. The van der Waals surface area contributed by atoms with Crippen molar-refractivity contribution in [2.45, 2.75) is 26.5 Å². The van der Waals surface area contributed by atoms with Crippen molar-refractivity contribution < 1.29 is 0 Å². The second-order valence-electron chi connectivity index (χ2n) is 2.92. The molecule has 0 aliphatic rings. The van der Waals surface area contributed by atoms with E-state index in [1.807, 2.05) is 23.5 Å². The summed E-state index contributed by atoms with van der Waals surface area (Å²) >= 11 is 1.94. The lowest BCUT2D eigenvalue weighted by molar-refractivity contribution is 0.727. The van der Waals surface area contributed by atoms with E-state index in [1.54, 1.807) is 0 Å². The first-order chi connectivity index (χ1) is 5.66. The Hall–Kier alpha value is -0.440. The fourth-order valence-corrected chi connectivity index (χ4v) is 2.01. The summed E-state index contributed by atoms with van der Waals surface area (Å²) in [5.74, 6) is 2.25. The van der Waals surface area contributed by atoms with Gasteiger partial charge in [0.05, 0.1) is 11.4 Å². The zero-order valence-electron chi connectivity index (χ0n) is 8.22. The number of aromatic nitrogens is 2. The molecule has 12 heavy (non-hydrogen) atoms. The fourth-order valence-electron chi connectivity index (χ4n) is 1.21. The molecule has 0 aliphatic heterocycles. The minimum absolute atomic E-state index is 1.08. The highest BCUT2D eigenvalue weighted by atomic mass is 32.2. The Morgan fingerprint density at radius 2 is 2.08 bits per heavy atom. The number of rotatable bonds is 3. The van der Waals surface area contributed by atoms with E-state index in [1.165, 1.54) is 17.0 Å². The topological polar surface area (TPSA) is 17.8 Å². The largest absolute Gasteiger partial charge is 0.271 e. The maximum Gasteiger partial charge on any atom is 0.0625 e. The van der Waals surface area contributed by atoms with E-state index in [2.05, 4.69) is 25.9 Å². The Morgan fingerprint density at radius 1 is 1.42 bits per heavy atom. The van der Waals surface area contributed by atoms with Crippen LogP contribution >= 0.6 is 11.8 Å². The predicted octanol–water partition coefficient (Wildman–Crippen LogP) is 2.29. The van der Waals surface area contributed by atoms with Crippen LogP contribution in [-0.2, 0) is 12.8 Å². The van der Waals surface area contributed by atoms with Crippen LogP contribution in [0.4, 0.5) is 0 Å². The van der Waals surface area contributed by atoms with Gasteiger partial charge in [-0.2, -0.15) is 16.9 Å². The smallest absolute Gasteiger partial charge is 0.0625 e. The lowest BCUT2D eigenvalue weighted by Gasteiger charge is -2.01. The summed E-state index contributed by atoms with van der Waals surface area (Å²) in [5.41, 5.74) is 3.86. The normalized spacial score (nSPS) is 10.7. The van der Waals surface area contributed by atoms with E-state index in [0.717, 1.165) is 11.4 Å². The van der Waals surface area contributed by atoms with Crippen LogP contribution in [0.1, 0.15) is 23.9 Å². The second kappa shape index (κ2) is 3.99. The maximum atomic E-state index is 4.37. The van der Waals surface area contributed by atoms with E-state index in [9.17, 15) is 0 Å². The van der Waals surface area contributed by atoms with Crippen LogP contribution in [0.2, 0.25) is 0 Å². The number of hydrogen-bond donors (Lipinski definition) is 0. The molecule has 1 aromatic rings. The standard InChI is InChI=1S/C9H16N2S/c1-5-12-6-9-7(2)8(3)10-11(9)4/h5-6H2,1-4H3. The van der Waals surface area contributed by atoms with Crippen LogP contribution in [0.5, 0.6) is 0 Å². The van der Waals surface area contributed by atoms with Crippen molar-refractivity contribution in [2.75, 3.05) is 5.75 Å². The van der Waals surface area contributed by atoms with Gasteiger partial charge in [0.1, 0.15) is 0 Å². The fraction of sp³-hybridized carbons (Fsp3) is 0.667. The van der Waals surface area contributed by atoms with E-state index in [0.29, 0.717) is 0 Å². The summed E-state index contributed by atoms with van der Waals surface area (Å²) in [7, 11) is 2.02. The summed E-state index contributed by atoms with van der Waals surface area (Å²) < 4.78 is 1.99. The highest BCUT2D eigenvalue weighted by molar-refractivity contribution is 7.98. The Labute approximate surface area is 78.4 Å². The zero-order valence-corrected chi connectivity index (χ0v) is 9.03. The molecule has 0 saturated carbocycles. The van der Waals surface area contributed by atoms with Crippen molar-refractivity contribution in [3.63, 3.8) is 0 Å². The van der Waals surface area contributed by atoms with Crippen LogP contribution < -0.4 is 0 Å². The summed E-state index contributed by atoms with van der Waals surface area (Å²) in [6, 6.07) is 0. The molecule has 0 spiro atoms. The maximum absolute atomic E-state index is 4.37. The monoisotopic (exact) mass is 184 g/mol. The van der Waals surface area contributed by atoms with Gasteiger partial charge >= 0.3 is 0 Å². The molecule has 0 unspecified atom stereocenters. The molecule has 0 fully saturated rings. The molecule has 1 aromatic heterocycles.